The van der Waals surface area contributed by atoms with Gasteiger partial charge in [0.2, 0.25) is 5.88 Å². The van der Waals surface area contributed by atoms with Crippen LogP contribution in [0.5, 0.6) is 5.88 Å². The SMILES string of the molecule is CC.CCCN(CCC)c1cc(N)nc(OCCNc2ccccn2)c1. The number of pyridine rings is 2. The molecule has 0 saturated carbocycles. The maximum absolute atomic E-state index is 5.94. The highest BCUT2D eigenvalue weighted by Gasteiger charge is 2.08. The van der Waals surface area contributed by atoms with Gasteiger partial charge >= 0.3 is 0 Å². The lowest BCUT2D eigenvalue weighted by molar-refractivity contribution is 0.320. The third-order valence-electron chi connectivity index (χ3n) is 3.48. The first kappa shape index (κ1) is 21.5. The third-order valence-corrected chi connectivity index (χ3v) is 3.48. The molecule has 6 nitrogen and oxygen atoms in total. The first-order chi connectivity index (χ1) is 12.7. The van der Waals surface area contributed by atoms with Crippen LogP contribution in [0.2, 0.25) is 0 Å². The topological polar surface area (TPSA) is 76.3 Å². The van der Waals surface area contributed by atoms with Gasteiger partial charge in [-0.25, -0.2) is 4.98 Å². The molecule has 0 radical (unpaired) electrons. The highest BCUT2D eigenvalue weighted by Crippen LogP contribution is 2.23. The minimum atomic E-state index is 0.484. The Labute approximate surface area is 157 Å². The fourth-order valence-electron chi connectivity index (χ4n) is 2.48. The number of ether oxygens (including phenoxy) is 1. The second-order valence-corrected chi connectivity index (χ2v) is 5.57. The van der Waals surface area contributed by atoms with Crippen LogP contribution >= 0.6 is 0 Å². The minimum Gasteiger partial charge on any atom is -0.476 e. The lowest BCUT2D eigenvalue weighted by atomic mass is 10.3. The number of anilines is 3. The zero-order valence-electron chi connectivity index (χ0n) is 16.5. The highest BCUT2D eigenvalue weighted by atomic mass is 16.5. The van der Waals surface area contributed by atoms with Gasteiger partial charge in [0, 0.05) is 37.1 Å². The van der Waals surface area contributed by atoms with E-state index < -0.39 is 0 Å². The molecule has 0 aliphatic carbocycles. The third kappa shape index (κ3) is 7.59. The van der Waals surface area contributed by atoms with Crippen molar-refractivity contribution >= 4 is 17.3 Å². The van der Waals surface area contributed by atoms with Gasteiger partial charge in [-0.05, 0) is 25.0 Å². The standard InChI is InChI=1S/C18H27N5O.C2H6/c1-3-10-23(11-4-2)15-13-16(19)22-18(14-15)24-12-9-21-17-7-5-6-8-20-17;1-2/h5-8,13-14H,3-4,9-12H2,1-2H3,(H2,19,22)(H,20,21);1-2H3. The molecular formula is C20H33N5O. The van der Waals surface area contributed by atoms with Crippen molar-refractivity contribution in [1.82, 2.24) is 9.97 Å². The highest BCUT2D eigenvalue weighted by molar-refractivity contribution is 5.55. The Hall–Kier alpha value is -2.50. The van der Waals surface area contributed by atoms with E-state index in [1.807, 2.05) is 44.2 Å². The summed E-state index contributed by atoms with van der Waals surface area (Å²) in [5, 5.41) is 3.20. The van der Waals surface area contributed by atoms with Gasteiger partial charge in [-0.1, -0.05) is 33.8 Å². The van der Waals surface area contributed by atoms with Crippen LogP contribution in [0.1, 0.15) is 40.5 Å². The average Bonchev–Trinajstić information content (AvgIpc) is 2.67. The summed E-state index contributed by atoms with van der Waals surface area (Å²) in [6, 6.07) is 9.62. The van der Waals surface area contributed by atoms with Gasteiger partial charge in [-0.15, -0.1) is 0 Å². The van der Waals surface area contributed by atoms with E-state index in [1.165, 1.54) is 0 Å². The van der Waals surface area contributed by atoms with Crippen molar-refractivity contribution in [2.24, 2.45) is 0 Å². The van der Waals surface area contributed by atoms with Gasteiger partial charge in [0.25, 0.3) is 0 Å². The molecule has 0 atom stereocenters. The number of rotatable bonds is 10. The molecule has 0 spiro atoms. The van der Waals surface area contributed by atoms with Crippen molar-refractivity contribution < 1.29 is 4.74 Å². The molecule has 2 rings (SSSR count). The molecule has 0 aliphatic heterocycles. The maximum atomic E-state index is 5.94. The summed E-state index contributed by atoms with van der Waals surface area (Å²) in [6.07, 6.45) is 3.93. The molecule has 2 aromatic heterocycles. The first-order valence-electron chi connectivity index (χ1n) is 9.53. The number of aromatic nitrogens is 2. The number of hydrogen-bond acceptors (Lipinski definition) is 6. The van der Waals surface area contributed by atoms with E-state index in [4.69, 9.17) is 10.5 Å². The van der Waals surface area contributed by atoms with E-state index in [0.717, 1.165) is 37.4 Å². The summed E-state index contributed by atoms with van der Waals surface area (Å²) in [4.78, 5) is 10.8. The van der Waals surface area contributed by atoms with Crippen LogP contribution < -0.4 is 20.7 Å². The Balaban J connectivity index is 0.00000163. The molecule has 0 unspecified atom stereocenters. The van der Waals surface area contributed by atoms with Crippen LogP contribution in [0.25, 0.3) is 0 Å². The van der Waals surface area contributed by atoms with E-state index in [2.05, 4.69) is 34.0 Å². The molecule has 6 heteroatoms. The quantitative estimate of drug-likeness (QED) is 0.619. The monoisotopic (exact) mass is 359 g/mol. The first-order valence-corrected chi connectivity index (χ1v) is 9.53. The van der Waals surface area contributed by atoms with E-state index >= 15 is 0 Å². The average molecular weight is 360 g/mol. The van der Waals surface area contributed by atoms with E-state index in [0.29, 0.717) is 24.8 Å². The zero-order valence-corrected chi connectivity index (χ0v) is 16.5. The van der Waals surface area contributed by atoms with E-state index in [9.17, 15) is 0 Å². The summed E-state index contributed by atoms with van der Waals surface area (Å²) in [5.41, 5.74) is 7.01. The molecule has 0 saturated heterocycles. The number of nitrogens with zero attached hydrogens (tertiary/aromatic N) is 3. The molecule has 0 amide bonds. The normalized spacial score (nSPS) is 9.85. The largest absolute Gasteiger partial charge is 0.476 e. The molecular weight excluding hydrogens is 326 g/mol. The van der Waals surface area contributed by atoms with Crippen LogP contribution in [-0.2, 0) is 0 Å². The Morgan fingerprint density at radius 1 is 1.12 bits per heavy atom. The fourth-order valence-corrected chi connectivity index (χ4v) is 2.48. The second kappa shape index (κ2) is 12.8. The summed E-state index contributed by atoms with van der Waals surface area (Å²) in [7, 11) is 0. The molecule has 0 aliphatic rings. The number of nitrogens with two attached hydrogens (primary N) is 1. The molecule has 2 heterocycles. The Kier molecular flexibility index (Phi) is 10.6. The molecule has 26 heavy (non-hydrogen) atoms. The van der Waals surface area contributed by atoms with Crippen molar-refractivity contribution in [3.8, 4) is 5.88 Å². The van der Waals surface area contributed by atoms with Crippen LogP contribution in [0.4, 0.5) is 17.3 Å². The Morgan fingerprint density at radius 3 is 2.46 bits per heavy atom. The zero-order chi connectivity index (χ0) is 19.2. The Morgan fingerprint density at radius 2 is 1.85 bits per heavy atom. The van der Waals surface area contributed by atoms with Gasteiger partial charge < -0.3 is 20.7 Å². The fraction of sp³-hybridized carbons (Fsp3) is 0.500. The maximum Gasteiger partial charge on any atom is 0.217 e. The lowest BCUT2D eigenvalue weighted by Gasteiger charge is -2.24. The summed E-state index contributed by atoms with van der Waals surface area (Å²) in [6.45, 7) is 11.5. The molecule has 144 valence electrons. The van der Waals surface area contributed by atoms with Crippen molar-refractivity contribution in [2.75, 3.05) is 42.2 Å². The van der Waals surface area contributed by atoms with Crippen molar-refractivity contribution in [1.29, 1.82) is 0 Å². The summed E-state index contributed by atoms with van der Waals surface area (Å²) in [5.74, 6) is 1.88. The van der Waals surface area contributed by atoms with Crippen molar-refractivity contribution in [2.45, 2.75) is 40.5 Å². The number of nitrogens with one attached hydrogen (secondary N) is 1. The lowest BCUT2D eigenvalue weighted by Crippen LogP contribution is -2.25. The number of hydrogen-bond donors (Lipinski definition) is 2. The van der Waals surface area contributed by atoms with Crippen molar-refractivity contribution in [3.05, 3.63) is 36.5 Å². The summed E-state index contributed by atoms with van der Waals surface area (Å²) < 4.78 is 5.75. The van der Waals surface area contributed by atoms with Gasteiger partial charge in [0.15, 0.2) is 0 Å². The van der Waals surface area contributed by atoms with Gasteiger partial charge in [0.05, 0.1) is 6.54 Å². The molecule has 0 fully saturated rings. The van der Waals surface area contributed by atoms with Gasteiger partial charge in [0.1, 0.15) is 18.2 Å². The molecule has 0 bridgehead atoms. The molecule has 3 N–H and O–H groups in total. The predicted octanol–water partition coefficient (Wildman–Crippen LogP) is 4.20. The Bertz CT molecular complexity index is 600. The van der Waals surface area contributed by atoms with Gasteiger partial charge in [-0.2, -0.15) is 4.98 Å². The van der Waals surface area contributed by atoms with Crippen molar-refractivity contribution in [3.63, 3.8) is 0 Å². The van der Waals surface area contributed by atoms with Crippen LogP contribution in [0, 0.1) is 0 Å². The summed E-state index contributed by atoms with van der Waals surface area (Å²) >= 11 is 0. The smallest absolute Gasteiger partial charge is 0.217 e. The van der Waals surface area contributed by atoms with E-state index in [1.54, 1.807) is 6.20 Å². The minimum absolute atomic E-state index is 0.484. The van der Waals surface area contributed by atoms with Crippen LogP contribution in [-0.4, -0.2) is 36.2 Å². The molecule has 2 aromatic rings. The predicted molar refractivity (Wildman–Crippen MR) is 111 cm³/mol. The second-order valence-electron chi connectivity index (χ2n) is 5.57. The van der Waals surface area contributed by atoms with Gasteiger partial charge in [-0.3, -0.25) is 0 Å². The van der Waals surface area contributed by atoms with E-state index in [-0.39, 0.29) is 0 Å². The molecule has 0 aromatic carbocycles. The van der Waals surface area contributed by atoms with Crippen LogP contribution in [0.15, 0.2) is 36.5 Å². The number of nitrogen functional groups attached to an aromatic ring is 1. The van der Waals surface area contributed by atoms with Crippen LogP contribution in [0.3, 0.4) is 0 Å².